The highest BCUT2D eigenvalue weighted by Crippen LogP contribution is 2.20. The average molecular weight is 487 g/mol. The van der Waals surface area contributed by atoms with Crippen molar-refractivity contribution in [2.75, 3.05) is 5.32 Å². The van der Waals surface area contributed by atoms with Gasteiger partial charge in [-0.15, -0.1) is 0 Å². The number of rotatable bonds is 10. The van der Waals surface area contributed by atoms with Gasteiger partial charge in [0, 0.05) is 22.7 Å². The molecule has 3 rings (SSSR count). The Hall–Kier alpha value is -4.26. The lowest BCUT2D eigenvalue weighted by molar-refractivity contribution is -0.146. The number of anilines is 1. The Morgan fingerprint density at radius 3 is 1.92 bits per heavy atom. The zero-order valence-electron chi connectivity index (χ0n) is 20.6. The Labute approximate surface area is 210 Å². The lowest BCUT2D eigenvalue weighted by Crippen LogP contribution is -2.32. The van der Waals surface area contributed by atoms with Gasteiger partial charge < -0.3 is 15.4 Å². The number of carbonyl (C=O) groups excluding carboxylic acids is 4. The number of benzene rings is 3. The minimum Gasteiger partial charge on any atom is -0.454 e. The van der Waals surface area contributed by atoms with Crippen LogP contribution in [0.15, 0.2) is 84.9 Å². The third kappa shape index (κ3) is 7.37. The molecule has 0 unspecified atom stereocenters. The fraction of sp³-hybridized carbons (Fsp3) is 0.241. The van der Waals surface area contributed by atoms with Gasteiger partial charge in [0.1, 0.15) is 0 Å². The van der Waals surface area contributed by atoms with Gasteiger partial charge in [-0.2, -0.15) is 0 Å². The highest BCUT2D eigenvalue weighted by molar-refractivity contribution is 6.01. The molecule has 2 N–H and O–H groups in total. The summed E-state index contributed by atoms with van der Waals surface area (Å²) in [7, 11) is 0. The first kappa shape index (κ1) is 26.3. The van der Waals surface area contributed by atoms with Crippen molar-refractivity contribution >= 4 is 29.3 Å². The van der Waals surface area contributed by atoms with Gasteiger partial charge in [-0.3, -0.25) is 19.2 Å². The highest BCUT2D eigenvalue weighted by Gasteiger charge is 2.24. The maximum Gasteiger partial charge on any atom is 0.308 e. The van der Waals surface area contributed by atoms with Crippen LogP contribution in [0, 0.1) is 5.92 Å². The summed E-state index contributed by atoms with van der Waals surface area (Å²) in [6, 6.07) is 23.6. The largest absolute Gasteiger partial charge is 0.454 e. The van der Waals surface area contributed by atoms with Crippen LogP contribution in [0.5, 0.6) is 0 Å². The fourth-order valence-electron chi connectivity index (χ4n) is 3.47. The van der Waals surface area contributed by atoms with Crippen LogP contribution in [0.25, 0.3) is 0 Å². The Kier molecular flexibility index (Phi) is 9.11. The maximum atomic E-state index is 12.8. The summed E-state index contributed by atoms with van der Waals surface area (Å²) < 4.78 is 5.42. The van der Waals surface area contributed by atoms with Crippen LogP contribution in [-0.4, -0.2) is 29.7 Å². The summed E-state index contributed by atoms with van der Waals surface area (Å²) in [6.45, 7) is 5.09. The number of amides is 2. The molecule has 36 heavy (non-hydrogen) atoms. The summed E-state index contributed by atoms with van der Waals surface area (Å²) >= 11 is 0. The van der Waals surface area contributed by atoms with E-state index in [2.05, 4.69) is 10.6 Å². The number of Topliss-reactive ketones (excluding diaryl/α,β-unsaturated/α-hetero) is 1. The van der Waals surface area contributed by atoms with Crippen LogP contribution in [0.2, 0.25) is 0 Å². The minimum atomic E-state index is -1.02. The molecule has 186 valence electrons. The van der Waals surface area contributed by atoms with E-state index in [0.717, 1.165) is 5.56 Å². The highest BCUT2D eigenvalue weighted by atomic mass is 16.5. The van der Waals surface area contributed by atoms with E-state index in [-0.39, 0.29) is 29.9 Å². The number of esters is 1. The molecule has 3 aromatic carbocycles. The average Bonchev–Trinajstić information content (AvgIpc) is 2.89. The SMILES string of the molecule is CC(C)C(=O)Nc1ccc(C(=O)[C@H](C)OC(=O)C[C@H](NC(=O)c2ccccc2)c2ccccc2)cc1. The second-order valence-electron chi connectivity index (χ2n) is 8.72. The van der Waals surface area contributed by atoms with E-state index in [0.29, 0.717) is 16.8 Å². The van der Waals surface area contributed by atoms with Crippen molar-refractivity contribution < 1.29 is 23.9 Å². The van der Waals surface area contributed by atoms with Gasteiger partial charge in [0.15, 0.2) is 6.10 Å². The summed E-state index contributed by atoms with van der Waals surface area (Å²) in [6.07, 6.45) is -1.16. The van der Waals surface area contributed by atoms with Crippen molar-refractivity contribution in [1.82, 2.24) is 5.32 Å². The molecule has 2 amide bonds. The normalized spacial score (nSPS) is 12.3. The molecule has 0 aliphatic carbocycles. The molecule has 0 radical (unpaired) electrons. The Bertz CT molecular complexity index is 1190. The lowest BCUT2D eigenvalue weighted by atomic mass is 10.0. The van der Waals surface area contributed by atoms with Crippen molar-refractivity contribution in [3.63, 3.8) is 0 Å². The van der Waals surface area contributed by atoms with Gasteiger partial charge in [-0.1, -0.05) is 62.4 Å². The second-order valence-corrected chi connectivity index (χ2v) is 8.72. The van der Waals surface area contributed by atoms with Crippen LogP contribution < -0.4 is 10.6 Å². The van der Waals surface area contributed by atoms with Crippen LogP contribution in [-0.2, 0) is 14.3 Å². The molecule has 0 aliphatic rings. The monoisotopic (exact) mass is 486 g/mol. The maximum absolute atomic E-state index is 12.8. The van der Waals surface area contributed by atoms with E-state index in [4.69, 9.17) is 4.74 Å². The van der Waals surface area contributed by atoms with Crippen LogP contribution in [0.3, 0.4) is 0 Å². The summed E-state index contributed by atoms with van der Waals surface area (Å²) in [4.78, 5) is 50.1. The van der Waals surface area contributed by atoms with E-state index >= 15 is 0 Å². The molecule has 0 spiro atoms. The zero-order chi connectivity index (χ0) is 26.1. The van der Waals surface area contributed by atoms with E-state index in [1.54, 1.807) is 62.4 Å². The smallest absolute Gasteiger partial charge is 0.308 e. The van der Waals surface area contributed by atoms with Crippen LogP contribution in [0.1, 0.15) is 59.5 Å². The van der Waals surface area contributed by atoms with Crippen molar-refractivity contribution in [1.29, 1.82) is 0 Å². The molecule has 7 nitrogen and oxygen atoms in total. The quantitative estimate of drug-likeness (QED) is 0.312. The Balaban J connectivity index is 1.64. The summed E-state index contributed by atoms with van der Waals surface area (Å²) in [5.41, 5.74) is 2.16. The van der Waals surface area contributed by atoms with Gasteiger partial charge in [0.05, 0.1) is 12.5 Å². The van der Waals surface area contributed by atoms with E-state index in [9.17, 15) is 19.2 Å². The summed E-state index contributed by atoms with van der Waals surface area (Å²) in [5, 5.41) is 5.65. The molecule has 0 heterocycles. The van der Waals surface area contributed by atoms with Gasteiger partial charge >= 0.3 is 5.97 Å². The molecule has 0 fully saturated rings. The van der Waals surface area contributed by atoms with Gasteiger partial charge in [-0.25, -0.2) is 0 Å². The second kappa shape index (κ2) is 12.4. The molecule has 2 atom stereocenters. The van der Waals surface area contributed by atoms with Gasteiger partial charge in [-0.05, 0) is 48.9 Å². The summed E-state index contributed by atoms with van der Waals surface area (Å²) in [5.74, 6) is -1.58. The number of ether oxygens (including phenoxy) is 1. The number of hydrogen-bond donors (Lipinski definition) is 2. The first-order valence-electron chi connectivity index (χ1n) is 11.8. The fourth-order valence-corrected chi connectivity index (χ4v) is 3.47. The predicted octanol–water partition coefficient (Wildman–Crippen LogP) is 4.96. The van der Waals surface area contributed by atoms with Crippen LogP contribution >= 0.6 is 0 Å². The molecule has 0 aromatic heterocycles. The van der Waals surface area contributed by atoms with E-state index in [1.807, 2.05) is 36.4 Å². The predicted molar refractivity (Wildman–Crippen MR) is 138 cm³/mol. The molecule has 0 saturated carbocycles. The molecule has 0 bridgehead atoms. The van der Waals surface area contributed by atoms with Crippen molar-refractivity contribution in [3.05, 3.63) is 102 Å². The Morgan fingerprint density at radius 1 is 0.750 bits per heavy atom. The number of carbonyl (C=O) groups is 4. The van der Waals surface area contributed by atoms with Crippen molar-refractivity contribution in [3.8, 4) is 0 Å². The molecule has 0 saturated heterocycles. The molecule has 3 aromatic rings. The van der Waals surface area contributed by atoms with Crippen molar-refractivity contribution in [2.24, 2.45) is 5.92 Å². The lowest BCUT2D eigenvalue weighted by Gasteiger charge is -2.20. The third-order valence-electron chi connectivity index (χ3n) is 5.55. The van der Waals surface area contributed by atoms with Gasteiger partial charge in [0.2, 0.25) is 11.7 Å². The van der Waals surface area contributed by atoms with E-state index < -0.39 is 18.1 Å². The molecular weight excluding hydrogens is 456 g/mol. The molecule has 7 heteroatoms. The van der Waals surface area contributed by atoms with Gasteiger partial charge in [0.25, 0.3) is 5.91 Å². The molecule has 0 aliphatic heterocycles. The van der Waals surface area contributed by atoms with Crippen molar-refractivity contribution in [2.45, 2.75) is 39.3 Å². The number of ketones is 1. The number of nitrogens with one attached hydrogen (secondary N) is 2. The van der Waals surface area contributed by atoms with E-state index in [1.165, 1.54) is 6.92 Å². The molecular formula is C29H30N2O5. The first-order chi connectivity index (χ1) is 17.2. The zero-order valence-corrected chi connectivity index (χ0v) is 20.6. The Morgan fingerprint density at radius 2 is 1.33 bits per heavy atom. The first-order valence-corrected chi connectivity index (χ1v) is 11.8. The standard InChI is InChI=1S/C29H30N2O5/c1-19(2)28(34)30-24-16-14-22(15-17-24)27(33)20(3)36-26(32)18-25(21-10-6-4-7-11-21)31-29(35)23-12-8-5-9-13-23/h4-17,19-20,25H,18H2,1-3H3,(H,30,34)(H,31,35)/t20-,25-/m0/s1. The van der Waals surface area contributed by atoms with Crippen LogP contribution in [0.4, 0.5) is 5.69 Å². The number of hydrogen-bond acceptors (Lipinski definition) is 5. The minimum absolute atomic E-state index is 0.122. The third-order valence-corrected chi connectivity index (χ3v) is 5.55. The topological polar surface area (TPSA) is 102 Å².